The number of rotatable bonds is 8. The SMILES string of the molecule is O=C(CCOc1ccc(CNC2CC2)cc1Br)NC1CC1. The van der Waals surface area contributed by atoms with Gasteiger partial charge in [0.15, 0.2) is 0 Å². The van der Waals surface area contributed by atoms with Gasteiger partial charge in [0.1, 0.15) is 5.75 Å². The predicted octanol–water partition coefficient (Wildman–Crippen LogP) is 2.75. The van der Waals surface area contributed by atoms with Gasteiger partial charge in [0, 0.05) is 18.6 Å². The van der Waals surface area contributed by atoms with Gasteiger partial charge in [0.2, 0.25) is 5.91 Å². The van der Waals surface area contributed by atoms with E-state index in [1.165, 1.54) is 18.4 Å². The fourth-order valence-electron chi connectivity index (χ4n) is 2.10. The molecular weight excluding hydrogens is 332 g/mol. The number of amides is 1. The molecule has 4 nitrogen and oxygen atoms in total. The van der Waals surface area contributed by atoms with Gasteiger partial charge in [-0.1, -0.05) is 6.07 Å². The Morgan fingerprint density at radius 3 is 2.67 bits per heavy atom. The molecule has 1 amide bonds. The maximum atomic E-state index is 11.6. The molecule has 0 saturated heterocycles. The highest BCUT2D eigenvalue weighted by Gasteiger charge is 2.23. The first kappa shape index (κ1) is 14.9. The summed E-state index contributed by atoms with van der Waals surface area (Å²) in [5.74, 6) is 0.878. The molecule has 1 aromatic rings. The minimum absolute atomic E-state index is 0.0823. The molecule has 2 aliphatic rings. The van der Waals surface area contributed by atoms with Gasteiger partial charge in [-0.3, -0.25) is 4.79 Å². The van der Waals surface area contributed by atoms with Crippen molar-refractivity contribution in [1.82, 2.24) is 10.6 Å². The third-order valence-corrected chi connectivity index (χ3v) is 4.32. The molecule has 0 bridgehead atoms. The quantitative estimate of drug-likeness (QED) is 0.756. The first-order valence-corrected chi connectivity index (χ1v) is 8.44. The van der Waals surface area contributed by atoms with E-state index in [-0.39, 0.29) is 5.91 Å². The first-order chi connectivity index (χ1) is 10.2. The van der Waals surface area contributed by atoms with E-state index in [4.69, 9.17) is 4.74 Å². The topological polar surface area (TPSA) is 50.4 Å². The van der Waals surface area contributed by atoms with E-state index in [0.717, 1.165) is 29.6 Å². The number of benzene rings is 1. The number of ether oxygens (including phenoxy) is 1. The van der Waals surface area contributed by atoms with E-state index in [2.05, 4.69) is 38.7 Å². The molecular formula is C16H21BrN2O2. The standard InChI is InChI=1S/C16H21BrN2O2/c17-14-9-11(10-18-12-2-3-12)1-6-15(14)21-8-7-16(20)19-13-4-5-13/h1,6,9,12-13,18H,2-5,7-8,10H2,(H,19,20). The fourth-order valence-corrected chi connectivity index (χ4v) is 2.64. The maximum absolute atomic E-state index is 11.6. The molecule has 0 unspecified atom stereocenters. The molecule has 0 radical (unpaired) electrons. The van der Waals surface area contributed by atoms with Gasteiger partial charge in [-0.15, -0.1) is 0 Å². The van der Waals surface area contributed by atoms with Gasteiger partial charge in [0.25, 0.3) is 0 Å². The highest BCUT2D eigenvalue weighted by molar-refractivity contribution is 9.10. The molecule has 0 atom stereocenters. The van der Waals surface area contributed by atoms with Gasteiger partial charge in [0.05, 0.1) is 17.5 Å². The van der Waals surface area contributed by atoms with Crippen LogP contribution >= 0.6 is 15.9 Å². The monoisotopic (exact) mass is 352 g/mol. The van der Waals surface area contributed by atoms with E-state index in [9.17, 15) is 4.79 Å². The second kappa shape index (κ2) is 6.79. The Morgan fingerprint density at radius 2 is 2.00 bits per heavy atom. The fraction of sp³-hybridized carbons (Fsp3) is 0.562. The van der Waals surface area contributed by atoms with Crippen LogP contribution in [0.15, 0.2) is 22.7 Å². The minimum Gasteiger partial charge on any atom is -0.492 e. The van der Waals surface area contributed by atoms with Gasteiger partial charge < -0.3 is 15.4 Å². The second-order valence-electron chi connectivity index (χ2n) is 5.86. The average Bonchev–Trinajstić information content (AvgIpc) is 3.33. The van der Waals surface area contributed by atoms with E-state index < -0.39 is 0 Å². The summed E-state index contributed by atoms with van der Waals surface area (Å²) in [6, 6.07) is 7.24. The van der Waals surface area contributed by atoms with E-state index in [1.807, 2.05) is 6.07 Å². The molecule has 2 aliphatic carbocycles. The third-order valence-electron chi connectivity index (χ3n) is 3.70. The maximum Gasteiger partial charge on any atom is 0.223 e. The van der Waals surface area contributed by atoms with Crippen molar-refractivity contribution in [1.29, 1.82) is 0 Å². The molecule has 0 aliphatic heterocycles. The average molecular weight is 353 g/mol. The highest BCUT2D eigenvalue weighted by Crippen LogP contribution is 2.27. The Kier molecular flexibility index (Phi) is 4.80. The minimum atomic E-state index is 0.0823. The lowest BCUT2D eigenvalue weighted by molar-refractivity contribution is -0.121. The Balaban J connectivity index is 1.42. The molecule has 0 spiro atoms. The summed E-state index contributed by atoms with van der Waals surface area (Å²) in [4.78, 5) is 11.6. The summed E-state index contributed by atoms with van der Waals surface area (Å²) in [6.45, 7) is 1.31. The van der Waals surface area contributed by atoms with Crippen molar-refractivity contribution in [2.75, 3.05) is 6.61 Å². The molecule has 3 rings (SSSR count). The van der Waals surface area contributed by atoms with Crippen LogP contribution in [0, 0.1) is 0 Å². The molecule has 2 fully saturated rings. The van der Waals surface area contributed by atoms with Gasteiger partial charge in [-0.25, -0.2) is 0 Å². The number of hydrogen-bond donors (Lipinski definition) is 2. The van der Waals surface area contributed by atoms with Crippen LogP contribution in [0.25, 0.3) is 0 Å². The Labute approximate surface area is 133 Å². The number of halogens is 1. The molecule has 2 saturated carbocycles. The van der Waals surface area contributed by atoms with E-state index in [0.29, 0.717) is 25.1 Å². The van der Waals surface area contributed by atoms with Crippen LogP contribution in [0.2, 0.25) is 0 Å². The second-order valence-corrected chi connectivity index (χ2v) is 6.71. The summed E-state index contributed by atoms with van der Waals surface area (Å²) < 4.78 is 6.62. The van der Waals surface area contributed by atoms with Crippen molar-refractivity contribution >= 4 is 21.8 Å². The van der Waals surface area contributed by atoms with Gasteiger partial charge in [-0.05, 0) is 59.3 Å². The predicted molar refractivity (Wildman–Crippen MR) is 85.3 cm³/mol. The number of nitrogens with one attached hydrogen (secondary N) is 2. The van der Waals surface area contributed by atoms with Crippen molar-refractivity contribution in [2.45, 2.75) is 50.7 Å². The van der Waals surface area contributed by atoms with Crippen LogP contribution in [-0.2, 0) is 11.3 Å². The van der Waals surface area contributed by atoms with Crippen molar-refractivity contribution in [3.63, 3.8) is 0 Å². The summed E-state index contributed by atoms with van der Waals surface area (Å²) in [7, 11) is 0. The molecule has 1 aromatic carbocycles. The van der Waals surface area contributed by atoms with E-state index in [1.54, 1.807) is 0 Å². The summed E-state index contributed by atoms with van der Waals surface area (Å²) in [5, 5.41) is 6.45. The van der Waals surface area contributed by atoms with Crippen molar-refractivity contribution in [2.24, 2.45) is 0 Å². The molecule has 5 heteroatoms. The number of carbonyl (C=O) groups excluding carboxylic acids is 1. The van der Waals surface area contributed by atoms with Crippen LogP contribution in [0.1, 0.15) is 37.7 Å². The highest BCUT2D eigenvalue weighted by atomic mass is 79.9. The summed E-state index contributed by atoms with van der Waals surface area (Å²) >= 11 is 3.53. The molecule has 114 valence electrons. The Morgan fingerprint density at radius 1 is 1.24 bits per heavy atom. The lowest BCUT2D eigenvalue weighted by atomic mass is 10.2. The van der Waals surface area contributed by atoms with Crippen LogP contribution in [0.3, 0.4) is 0 Å². The largest absolute Gasteiger partial charge is 0.492 e. The van der Waals surface area contributed by atoms with Crippen LogP contribution < -0.4 is 15.4 Å². The summed E-state index contributed by atoms with van der Waals surface area (Å²) in [6.07, 6.45) is 5.24. The smallest absolute Gasteiger partial charge is 0.223 e. The molecule has 0 aromatic heterocycles. The zero-order chi connectivity index (χ0) is 14.7. The molecule has 2 N–H and O–H groups in total. The Hall–Kier alpha value is -1.07. The molecule has 0 heterocycles. The summed E-state index contributed by atoms with van der Waals surface area (Å²) in [5.41, 5.74) is 1.24. The van der Waals surface area contributed by atoms with Gasteiger partial charge in [-0.2, -0.15) is 0 Å². The zero-order valence-corrected chi connectivity index (χ0v) is 13.6. The van der Waals surface area contributed by atoms with Crippen molar-refractivity contribution in [3.05, 3.63) is 28.2 Å². The number of carbonyl (C=O) groups is 1. The normalized spacial score (nSPS) is 17.6. The third kappa shape index (κ3) is 5.00. The lowest BCUT2D eigenvalue weighted by Gasteiger charge is -2.10. The Bertz CT molecular complexity index is 513. The van der Waals surface area contributed by atoms with E-state index >= 15 is 0 Å². The van der Waals surface area contributed by atoms with Crippen LogP contribution in [-0.4, -0.2) is 24.6 Å². The number of hydrogen-bond acceptors (Lipinski definition) is 3. The first-order valence-electron chi connectivity index (χ1n) is 7.64. The zero-order valence-electron chi connectivity index (χ0n) is 12.0. The van der Waals surface area contributed by atoms with Crippen molar-refractivity contribution in [3.8, 4) is 5.75 Å². The van der Waals surface area contributed by atoms with Crippen LogP contribution in [0.5, 0.6) is 5.75 Å². The van der Waals surface area contributed by atoms with Gasteiger partial charge >= 0.3 is 0 Å². The van der Waals surface area contributed by atoms with Crippen molar-refractivity contribution < 1.29 is 9.53 Å². The van der Waals surface area contributed by atoms with Crippen LogP contribution in [0.4, 0.5) is 0 Å². The lowest BCUT2D eigenvalue weighted by Crippen LogP contribution is -2.26. The molecule has 21 heavy (non-hydrogen) atoms.